The number of amides is 2. The zero-order valence-corrected chi connectivity index (χ0v) is 10.7. The van der Waals surface area contributed by atoms with Crippen molar-refractivity contribution in [2.24, 2.45) is 5.92 Å². The largest absolute Gasteiger partial charge is 0.395 e. The highest BCUT2D eigenvalue weighted by molar-refractivity contribution is 5.84. The van der Waals surface area contributed by atoms with E-state index in [0.717, 1.165) is 12.8 Å². The number of carbonyl (C=O) groups is 2. The predicted molar refractivity (Wildman–Crippen MR) is 66.8 cm³/mol. The fraction of sp³-hybridized carbons (Fsp3) is 0.846. The summed E-state index contributed by atoms with van der Waals surface area (Å²) in [6, 6.07) is 0.294. The molecule has 1 unspecified atom stereocenters. The minimum absolute atomic E-state index is 0.0152. The SMILES string of the molecule is O=C1CCC(C(=O)N(CCO)C2CCCC2)CN1. The van der Waals surface area contributed by atoms with Crippen molar-refractivity contribution < 1.29 is 14.7 Å². The van der Waals surface area contributed by atoms with Crippen LogP contribution >= 0.6 is 0 Å². The molecule has 1 saturated heterocycles. The molecule has 1 aliphatic heterocycles. The van der Waals surface area contributed by atoms with Crippen molar-refractivity contribution in [1.82, 2.24) is 10.2 Å². The molecule has 1 heterocycles. The van der Waals surface area contributed by atoms with E-state index in [0.29, 0.717) is 32.0 Å². The standard InChI is InChI=1S/C13H22N2O3/c16-8-7-15(11-3-1-2-4-11)13(18)10-5-6-12(17)14-9-10/h10-11,16H,1-9H2,(H,14,17). The molecule has 18 heavy (non-hydrogen) atoms. The number of rotatable bonds is 4. The average molecular weight is 254 g/mol. The van der Waals surface area contributed by atoms with E-state index in [1.54, 1.807) is 0 Å². The van der Waals surface area contributed by atoms with Crippen LogP contribution in [0, 0.1) is 5.92 Å². The molecule has 0 aromatic carbocycles. The third kappa shape index (κ3) is 3.02. The molecule has 1 atom stereocenters. The van der Waals surface area contributed by atoms with Crippen LogP contribution in [0.3, 0.4) is 0 Å². The predicted octanol–water partition coefficient (Wildman–Crippen LogP) is 0.276. The van der Waals surface area contributed by atoms with E-state index >= 15 is 0 Å². The summed E-state index contributed by atoms with van der Waals surface area (Å²) >= 11 is 0. The fourth-order valence-electron chi connectivity index (χ4n) is 2.97. The highest BCUT2D eigenvalue weighted by Crippen LogP contribution is 2.25. The minimum atomic E-state index is -0.102. The number of hydrogen-bond donors (Lipinski definition) is 2. The molecule has 1 aliphatic carbocycles. The quantitative estimate of drug-likeness (QED) is 0.757. The van der Waals surface area contributed by atoms with Gasteiger partial charge in [-0.05, 0) is 19.3 Å². The summed E-state index contributed by atoms with van der Waals surface area (Å²) in [5, 5.41) is 11.9. The summed E-state index contributed by atoms with van der Waals surface area (Å²) in [5.74, 6) is 0.0411. The Kier molecular flexibility index (Phi) is 4.58. The van der Waals surface area contributed by atoms with Gasteiger partial charge in [-0.25, -0.2) is 0 Å². The molecule has 5 nitrogen and oxygen atoms in total. The van der Waals surface area contributed by atoms with Crippen LogP contribution in [-0.4, -0.2) is 47.6 Å². The van der Waals surface area contributed by atoms with Crippen LogP contribution in [0.25, 0.3) is 0 Å². The summed E-state index contributed by atoms with van der Waals surface area (Å²) in [5.41, 5.74) is 0. The van der Waals surface area contributed by atoms with Crippen molar-refractivity contribution in [3.8, 4) is 0 Å². The number of hydrogen-bond acceptors (Lipinski definition) is 3. The van der Waals surface area contributed by atoms with Crippen LogP contribution in [0.4, 0.5) is 0 Å². The molecular weight excluding hydrogens is 232 g/mol. The molecule has 2 fully saturated rings. The first-order valence-electron chi connectivity index (χ1n) is 6.90. The number of piperidine rings is 1. The highest BCUT2D eigenvalue weighted by atomic mass is 16.3. The van der Waals surface area contributed by atoms with Gasteiger partial charge in [-0.3, -0.25) is 9.59 Å². The van der Waals surface area contributed by atoms with Crippen molar-refractivity contribution in [3.05, 3.63) is 0 Å². The molecule has 5 heteroatoms. The van der Waals surface area contributed by atoms with Gasteiger partial charge in [0.25, 0.3) is 0 Å². The Morgan fingerprint density at radius 3 is 2.61 bits per heavy atom. The zero-order valence-electron chi connectivity index (χ0n) is 10.7. The van der Waals surface area contributed by atoms with Crippen molar-refractivity contribution >= 4 is 11.8 Å². The first-order valence-corrected chi connectivity index (χ1v) is 6.90. The van der Waals surface area contributed by atoms with Crippen molar-refractivity contribution in [3.63, 3.8) is 0 Å². The normalized spacial score (nSPS) is 24.9. The average Bonchev–Trinajstić information content (AvgIpc) is 2.90. The van der Waals surface area contributed by atoms with Crippen LogP contribution in [-0.2, 0) is 9.59 Å². The monoisotopic (exact) mass is 254 g/mol. The number of nitrogens with one attached hydrogen (secondary N) is 1. The Labute approximate surface area is 108 Å². The van der Waals surface area contributed by atoms with E-state index in [-0.39, 0.29) is 24.3 Å². The van der Waals surface area contributed by atoms with E-state index in [1.807, 2.05) is 4.90 Å². The number of nitrogens with zero attached hydrogens (tertiary/aromatic N) is 1. The second-order valence-corrected chi connectivity index (χ2v) is 5.23. The molecule has 0 spiro atoms. The number of aliphatic hydroxyl groups excluding tert-OH is 1. The van der Waals surface area contributed by atoms with Gasteiger partial charge in [-0.15, -0.1) is 0 Å². The molecule has 2 aliphatic rings. The third-order valence-corrected chi connectivity index (χ3v) is 4.00. The molecule has 2 rings (SSSR count). The lowest BCUT2D eigenvalue weighted by atomic mass is 9.96. The molecular formula is C13H22N2O3. The van der Waals surface area contributed by atoms with Gasteiger partial charge in [0.2, 0.25) is 11.8 Å². The first-order chi connectivity index (χ1) is 8.72. The molecule has 102 valence electrons. The Hall–Kier alpha value is -1.10. The maximum Gasteiger partial charge on any atom is 0.227 e. The second kappa shape index (κ2) is 6.18. The number of aliphatic hydroxyl groups is 1. The Morgan fingerprint density at radius 2 is 2.06 bits per heavy atom. The summed E-state index contributed by atoms with van der Waals surface area (Å²) in [4.78, 5) is 25.4. The van der Waals surface area contributed by atoms with Crippen LogP contribution in [0.1, 0.15) is 38.5 Å². The topological polar surface area (TPSA) is 69.6 Å². The van der Waals surface area contributed by atoms with E-state index in [9.17, 15) is 9.59 Å². The maximum atomic E-state index is 12.4. The lowest BCUT2D eigenvalue weighted by molar-refractivity contribution is -0.140. The van der Waals surface area contributed by atoms with Crippen molar-refractivity contribution in [1.29, 1.82) is 0 Å². The fourth-order valence-corrected chi connectivity index (χ4v) is 2.97. The highest BCUT2D eigenvalue weighted by Gasteiger charge is 2.32. The summed E-state index contributed by atoms with van der Waals surface area (Å²) in [7, 11) is 0. The smallest absolute Gasteiger partial charge is 0.227 e. The van der Waals surface area contributed by atoms with Crippen molar-refractivity contribution in [2.45, 2.75) is 44.6 Å². The van der Waals surface area contributed by atoms with Crippen LogP contribution < -0.4 is 5.32 Å². The maximum absolute atomic E-state index is 12.4. The Balaban J connectivity index is 1.96. The Morgan fingerprint density at radius 1 is 1.33 bits per heavy atom. The van der Waals surface area contributed by atoms with Gasteiger partial charge in [0, 0.05) is 25.6 Å². The lowest BCUT2D eigenvalue weighted by Gasteiger charge is -2.33. The van der Waals surface area contributed by atoms with Gasteiger partial charge < -0.3 is 15.3 Å². The van der Waals surface area contributed by atoms with Gasteiger partial charge in [0.05, 0.1) is 12.5 Å². The number of carbonyl (C=O) groups excluding carboxylic acids is 2. The van der Waals surface area contributed by atoms with Crippen LogP contribution in [0.2, 0.25) is 0 Å². The zero-order chi connectivity index (χ0) is 13.0. The summed E-state index contributed by atoms with van der Waals surface area (Å²) in [6.45, 7) is 0.890. The molecule has 2 N–H and O–H groups in total. The second-order valence-electron chi connectivity index (χ2n) is 5.23. The van der Waals surface area contributed by atoms with Gasteiger partial charge in [-0.2, -0.15) is 0 Å². The van der Waals surface area contributed by atoms with Gasteiger partial charge in [-0.1, -0.05) is 12.8 Å². The van der Waals surface area contributed by atoms with E-state index in [2.05, 4.69) is 5.32 Å². The molecule has 0 radical (unpaired) electrons. The van der Waals surface area contributed by atoms with E-state index in [1.165, 1.54) is 12.8 Å². The van der Waals surface area contributed by atoms with E-state index < -0.39 is 0 Å². The first kappa shape index (κ1) is 13.3. The van der Waals surface area contributed by atoms with Gasteiger partial charge >= 0.3 is 0 Å². The van der Waals surface area contributed by atoms with Gasteiger partial charge in [0.1, 0.15) is 0 Å². The molecule has 1 saturated carbocycles. The molecule has 0 aromatic heterocycles. The summed E-state index contributed by atoms with van der Waals surface area (Å²) in [6.07, 6.45) is 5.51. The van der Waals surface area contributed by atoms with Crippen molar-refractivity contribution in [2.75, 3.05) is 19.7 Å². The lowest BCUT2D eigenvalue weighted by Crippen LogP contribution is -2.48. The van der Waals surface area contributed by atoms with Gasteiger partial charge in [0.15, 0.2) is 0 Å². The van der Waals surface area contributed by atoms with Crippen LogP contribution in [0.5, 0.6) is 0 Å². The third-order valence-electron chi connectivity index (χ3n) is 4.00. The summed E-state index contributed by atoms with van der Waals surface area (Å²) < 4.78 is 0. The molecule has 0 bridgehead atoms. The van der Waals surface area contributed by atoms with E-state index in [4.69, 9.17) is 5.11 Å². The minimum Gasteiger partial charge on any atom is -0.395 e. The molecule has 0 aromatic rings. The Bertz CT molecular complexity index is 303. The van der Waals surface area contributed by atoms with Crippen LogP contribution in [0.15, 0.2) is 0 Å². The molecule has 2 amide bonds.